The van der Waals surface area contributed by atoms with Crippen LogP contribution in [0.5, 0.6) is 0 Å². The number of carbonyl (C=O) groups excluding carboxylic acids is 4. The molecule has 1 N–H and O–H groups in total. The van der Waals surface area contributed by atoms with Gasteiger partial charge in [0.15, 0.2) is 11.5 Å². The summed E-state index contributed by atoms with van der Waals surface area (Å²) >= 11 is 3.33. The van der Waals surface area contributed by atoms with Gasteiger partial charge in [-0.15, -0.1) is 0 Å². The van der Waals surface area contributed by atoms with Crippen LogP contribution in [0, 0.1) is 5.41 Å². The Morgan fingerprint density at radius 2 is 0.843 bits per heavy atom. The smallest absolute Gasteiger partial charge is 1.00 e. The number of unbranched alkanes of at least 4 members (excludes halogenated alkanes) is 8. The number of ether oxygens (including phenoxy) is 7. The molecule has 0 radical (unpaired) electrons. The molecular formula is C104H138Br2N8NaO12+. The topological polar surface area (TPSA) is 236 Å². The zero-order valence-corrected chi connectivity index (χ0v) is 84.0. The molecule has 0 bridgehead atoms. The number of nitrogens with zero attached hydrogens (tertiary/aromatic N) is 8. The van der Waals surface area contributed by atoms with Crippen LogP contribution < -0.4 is 55.7 Å². The fourth-order valence-electron chi connectivity index (χ4n) is 15.1. The van der Waals surface area contributed by atoms with Crippen molar-refractivity contribution in [2.45, 2.75) is 256 Å². The van der Waals surface area contributed by atoms with Crippen molar-refractivity contribution in [2.75, 3.05) is 58.1 Å². The number of amidine groups is 1. The second-order valence-corrected chi connectivity index (χ2v) is 34.1. The van der Waals surface area contributed by atoms with Crippen LogP contribution in [0.2, 0.25) is 0 Å². The Bertz CT molecular complexity index is 4880. The van der Waals surface area contributed by atoms with Gasteiger partial charge in [-0.05, 0) is 228 Å². The van der Waals surface area contributed by atoms with Crippen LogP contribution in [0.15, 0.2) is 220 Å². The molecule has 0 saturated carbocycles. The SMILES string of the molecule is CC1=Nc2ncc(-c3ccccc3)cc2C1(C)C.CCOC(=O)CCCCCBr.CCOC(=O)CCCCCN1C=C(c2ccccc2)C=C2C1=N/C(=C\C=C\C1=Nc3c(cc(-c4ccccc4)c[n+]3CCCCCC(=O)OCC)C1(C)C)C2(C)C.CCOC(=O)CCCCC[n+]1cc(-c2ccccc2)cc2c1N=C(C)C2(C)C.CCOC(OCC)OCC.[Br-].[Na+].[OH-]. The van der Waals surface area contributed by atoms with Crippen LogP contribution >= 0.6 is 15.9 Å². The maximum atomic E-state index is 11.9. The molecule has 0 saturated heterocycles. The number of allylic oxidation sites excluding steroid dienone is 6. The first kappa shape index (κ1) is 109. The molecule has 12 rings (SSSR count). The van der Waals surface area contributed by atoms with Gasteiger partial charge in [0, 0.05) is 114 Å². The van der Waals surface area contributed by atoms with E-state index in [2.05, 4.69) is 267 Å². The van der Waals surface area contributed by atoms with E-state index in [-0.39, 0.29) is 97.6 Å². The van der Waals surface area contributed by atoms with Gasteiger partial charge in [0.25, 0.3) is 6.48 Å². The molecular weight excluding hydrogens is 1740 g/mol. The largest absolute Gasteiger partial charge is 1.00 e. The summed E-state index contributed by atoms with van der Waals surface area (Å²) in [6.45, 7) is 40.9. The number of esters is 4. The number of carbonyl (C=O) groups is 4. The Labute approximate surface area is 798 Å². The van der Waals surface area contributed by atoms with Crippen molar-refractivity contribution < 1.29 is 113 Å². The average molecular weight is 1880 g/mol. The van der Waals surface area contributed by atoms with Crippen molar-refractivity contribution in [3.05, 3.63) is 222 Å². The fraction of sp³-hybridized carbons (Fsp3) is 0.471. The molecule has 4 aromatic carbocycles. The van der Waals surface area contributed by atoms with E-state index in [1.54, 1.807) is 0 Å². The average Bonchev–Trinajstić information content (AvgIpc) is 1.57. The van der Waals surface area contributed by atoms with Crippen molar-refractivity contribution >= 4 is 85.8 Å². The van der Waals surface area contributed by atoms with Crippen molar-refractivity contribution in [3.8, 4) is 33.4 Å². The van der Waals surface area contributed by atoms with Crippen molar-refractivity contribution in [3.63, 3.8) is 0 Å². The summed E-state index contributed by atoms with van der Waals surface area (Å²) in [6, 6.07) is 48.7. The molecule has 127 heavy (non-hydrogen) atoms. The number of benzene rings is 4. The summed E-state index contributed by atoms with van der Waals surface area (Å²) in [5.41, 5.74) is 18.1. The molecule has 8 heterocycles. The number of rotatable bonds is 39. The number of halogens is 2. The van der Waals surface area contributed by atoms with E-state index >= 15 is 0 Å². The minimum atomic E-state index is -0.472. The third kappa shape index (κ3) is 31.9. The predicted molar refractivity (Wildman–Crippen MR) is 508 cm³/mol. The van der Waals surface area contributed by atoms with Gasteiger partial charge >= 0.3 is 65.1 Å². The number of pyridine rings is 3. The van der Waals surface area contributed by atoms with E-state index in [0.717, 1.165) is 154 Å². The first-order valence-corrected chi connectivity index (χ1v) is 46.1. The molecule has 20 nitrogen and oxygen atoms in total. The Morgan fingerprint density at radius 3 is 1.28 bits per heavy atom. The zero-order chi connectivity index (χ0) is 89.7. The fourth-order valence-corrected chi connectivity index (χ4v) is 15.4. The van der Waals surface area contributed by atoms with E-state index in [1.807, 2.05) is 78.9 Å². The summed E-state index contributed by atoms with van der Waals surface area (Å²) < 4.78 is 39.9. The number of hydrogen-bond donors (Lipinski definition) is 0. The van der Waals surface area contributed by atoms with Crippen molar-refractivity contribution in [1.29, 1.82) is 0 Å². The molecule has 7 aromatic rings. The van der Waals surface area contributed by atoms with Crippen molar-refractivity contribution in [1.82, 2.24) is 9.88 Å². The van der Waals surface area contributed by atoms with Gasteiger partial charge in [-0.25, -0.2) is 24.1 Å². The summed E-state index contributed by atoms with van der Waals surface area (Å²) in [5, 5.41) is 1.02. The van der Waals surface area contributed by atoms with Gasteiger partial charge < -0.3 is 60.5 Å². The Hall–Kier alpha value is -8.55. The molecule has 3 aromatic heterocycles. The molecule has 0 atom stereocenters. The van der Waals surface area contributed by atoms with E-state index < -0.39 is 6.48 Å². The van der Waals surface area contributed by atoms with Crippen LogP contribution in [-0.2, 0) is 81.7 Å². The van der Waals surface area contributed by atoms with Gasteiger partial charge in [-0.3, -0.25) is 19.2 Å². The van der Waals surface area contributed by atoms with Crippen LogP contribution in [0.3, 0.4) is 0 Å². The quantitative estimate of drug-likeness (QED) is 0.00663. The van der Waals surface area contributed by atoms with Crippen LogP contribution in [0.25, 0.3) is 39.0 Å². The zero-order valence-electron chi connectivity index (χ0n) is 78.8. The van der Waals surface area contributed by atoms with Gasteiger partial charge in [0.05, 0.1) is 79.6 Å². The van der Waals surface area contributed by atoms with Crippen LogP contribution in [0.1, 0.15) is 243 Å². The van der Waals surface area contributed by atoms with Crippen LogP contribution in [0.4, 0.5) is 17.5 Å². The predicted octanol–water partition coefficient (Wildman–Crippen LogP) is 17.4. The minimum Gasteiger partial charge on any atom is -1.00 e. The number of fused-ring (bicyclic) bond motifs is 4. The first-order chi connectivity index (χ1) is 59.7. The first-order valence-electron chi connectivity index (χ1n) is 45.0. The number of aryl methyl sites for hydroxylation is 2. The normalized spacial score (nSPS) is 14.9. The maximum Gasteiger partial charge on any atom is 1.00 e. The summed E-state index contributed by atoms with van der Waals surface area (Å²) in [4.78, 5) is 72.9. The number of alkyl halides is 1. The van der Waals surface area contributed by atoms with Gasteiger partial charge in [0.1, 0.15) is 11.5 Å². The molecule has 5 aliphatic rings. The van der Waals surface area contributed by atoms with Crippen LogP contribution in [-0.4, -0.2) is 127 Å². The maximum absolute atomic E-state index is 11.9. The Balaban J connectivity index is 0.000000335. The molecule has 0 aliphatic carbocycles. The second kappa shape index (κ2) is 55.5. The molecule has 0 amide bonds. The minimum absolute atomic E-state index is 0. The van der Waals surface area contributed by atoms with E-state index in [1.165, 1.54) is 61.2 Å². The Kier molecular flexibility index (Phi) is 47.6. The standard InChI is InChI=1S/C49H59N4O4.C24H31N2O2.C16H16N2.C8H15BrO2.C7H16O3.BrH.Na.H2O/c1-7-56-44(54)28-17-11-19-30-52-34-38(36-22-13-9-14-23-36)32-40-46(52)50-42(48(40,3)4)26-21-27-43-49(5,6)41-33-39(37-24-15-10-16-25-37)35-53(47(41)51-43)31-20-12-18-29-45(55)57-8-2;1-5-28-22(27)14-10-7-11-15-26-17-20(19-12-8-6-9-13-19)16-21-23(26)25-18(2)24(21,3)4;1-11-16(2,3)14-9-13(10-17-15(14)18-11)12-7-5-4-6-8-12;1-2-11-8(10)6-4-3-5-7-9;1-4-8-7(9-5-2)10-6-3;;;/h9-10,13-16,21-27,32-35H,7-8,11-12,17-20,28-31H2,1-6H3;6,8-9,12-13,16-17H,5,7,10-11,14-15H2,1-4H3;4-10H,1-3H3;2-7H2,1H3;7H,4-6H2,1-3H3;1H;;1H2/q2*+1;;;;;+1;/p-2. The second-order valence-electron chi connectivity index (χ2n) is 33.3. The molecule has 23 heteroatoms. The van der Waals surface area contributed by atoms with Gasteiger partial charge in [-0.2, -0.15) is 0 Å². The van der Waals surface area contributed by atoms with Gasteiger partial charge in [-0.1, -0.05) is 184 Å². The monoisotopic (exact) mass is 1870 g/mol. The van der Waals surface area contributed by atoms with E-state index in [0.29, 0.717) is 71.9 Å². The van der Waals surface area contributed by atoms with Gasteiger partial charge in [0.2, 0.25) is 0 Å². The van der Waals surface area contributed by atoms with Crippen molar-refractivity contribution in [2.24, 2.45) is 25.4 Å². The van der Waals surface area contributed by atoms with E-state index in [4.69, 9.17) is 48.1 Å². The summed E-state index contributed by atoms with van der Waals surface area (Å²) in [5.74, 6) is 3.53. The number of aliphatic imine (C=N–C) groups is 4. The summed E-state index contributed by atoms with van der Waals surface area (Å²) in [7, 11) is 0. The molecule has 0 unspecified atom stereocenters. The summed E-state index contributed by atoms with van der Waals surface area (Å²) in [6.07, 6.45) is 30.8. The molecule has 5 aliphatic heterocycles. The third-order valence-corrected chi connectivity index (χ3v) is 23.5. The number of aromatic nitrogens is 3. The van der Waals surface area contributed by atoms with E-state index in [9.17, 15) is 19.2 Å². The number of hydrogen-bond acceptors (Lipinski definition) is 18. The molecule has 0 fully saturated rings. The molecule has 0 spiro atoms. The molecule has 680 valence electrons. The third-order valence-electron chi connectivity index (χ3n) is 22.9. The Morgan fingerprint density at radius 1 is 0.449 bits per heavy atom.